The second-order valence-corrected chi connectivity index (χ2v) is 8.25. The fraction of sp³-hybridized carbons (Fsp3) is 0.217. The summed E-state index contributed by atoms with van der Waals surface area (Å²) < 4.78 is 5.78. The Balaban J connectivity index is 1.45. The van der Waals surface area contributed by atoms with Crippen molar-refractivity contribution in [2.75, 3.05) is 6.54 Å². The average Bonchev–Trinajstić information content (AvgIpc) is 3.44. The van der Waals surface area contributed by atoms with Gasteiger partial charge in [0.25, 0.3) is 0 Å². The molecule has 4 rings (SSSR count). The first kappa shape index (κ1) is 21.2. The molecule has 0 aliphatic heterocycles. The lowest BCUT2D eigenvalue weighted by Crippen LogP contribution is -2.32. The molecule has 8 heteroatoms. The van der Waals surface area contributed by atoms with Gasteiger partial charge >= 0.3 is 0 Å². The molecule has 2 aromatic carbocycles. The van der Waals surface area contributed by atoms with Gasteiger partial charge in [-0.1, -0.05) is 61.0 Å². The van der Waals surface area contributed by atoms with E-state index in [-0.39, 0.29) is 18.9 Å². The zero-order chi connectivity index (χ0) is 21.6. The van der Waals surface area contributed by atoms with E-state index in [1.54, 1.807) is 22.3 Å². The SMILES string of the molecule is CCCN(Cc1nnc(-c2ccccc2Cl)o1)C(=O)Cc1csc(-c2ccccc2)n1. The highest BCUT2D eigenvalue weighted by Gasteiger charge is 2.19. The predicted octanol–water partition coefficient (Wildman–Crippen LogP) is 5.49. The van der Waals surface area contributed by atoms with E-state index in [4.69, 9.17) is 16.0 Å². The number of rotatable bonds is 8. The topological polar surface area (TPSA) is 72.1 Å². The molecule has 0 spiro atoms. The molecular weight excluding hydrogens is 432 g/mol. The van der Waals surface area contributed by atoms with Gasteiger partial charge in [0.2, 0.25) is 17.7 Å². The van der Waals surface area contributed by atoms with Crippen LogP contribution in [0, 0.1) is 0 Å². The fourth-order valence-corrected chi connectivity index (χ4v) is 4.20. The molecule has 158 valence electrons. The monoisotopic (exact) mass is 452 g/mol. The first-order valence-electron chi connectivity index (χ1n) is 9.99. The molecule has 0 fully saturated rings. The molecule has 0 bridgehead atoms. The number of thiazole rings is 1. The van der Waals surface area contributed by atoms with Gasteiger partial charge in [0.1, 0.15) is 5.01 Å². The lowest BCUT2D eigenvalue weighted by Gasteiger charge is -2.19. The van der Waals surface area contributed by atoms with E-state index in [9.17, 15) is 4.79 Å². The summed E-state index contributed by atoms with van der Waals surface area (Å²) in [6, 6.07) is 17.2. The van der Waals surface area contributed by atoms with Crippen LogP contribution in [0.4, 0.5) is 0 Å². The molecule has 0 unspecified atom stereocenters. The smallest absolute Gasteiger partial charge is 0.249 e. The number of halogens is 1. The van der Waals surface area contributed by atoms with Crippen molar-refractivity contribution in [2.45, 2.75) is 26.3 Å². The van der Waals surface area contributed by atoms with E-state index < -0.39 is 0 Å². The Kier molecular flexibility index (Phi) is 6.74. The van der Waals surface area contributed by atoms with Gasteiger partial charge in [-0.25, -0.2) is 4.98 Å². The number of carbonyl (C=O) groups is 1. The number of benzene rings is 2. The van der Waals surface area contributed by atoms with Crippen molar-refractivity contribution in [3.63, 3.8) is 0 Å². The lowest BCUT2D eigenvalue weighted by atomic mass is 10.2. The molecule has 4 aromatic rings. The van der Waals surface area contributed by atoms with E-state index in [0.29, 0.717) is 28.9 Å². The van der Waals surface area contributed by atoms with Crippen LogP contribution >= 0.6 is 22.9 Å². The summed E-state index contributed by atoms with van der Waals surface area (Å²) >= 11 is 7.75. The van der Waals surface area contributed by atoms with Crippen LogP contribution in [-0.4, -0.2) is 32.5 Å². The van der Waals surface area contributed by atoms with Gasteiger partial charge in [0.05, 0.1) is 29.2 Å². The molecule has 6 nitrogen and oxygen atoms in total. The Labute approximate surface area is 189 Å². The lowest BCUT2D eigenvalue weighted by molar-refractivity contribution is -0.131. The highest BCUT2D eigenvalue weighted by molar-refractivity contribution is 7.13. The minimum Gasteiger partial charge on any atom is -0.419 e. The van der Waals surface area contributed by atoms with Gasteiger partial charge in [-0.15, -0.1) is 21.5 Å². The van der Waals surface area contributed by atoms with Crippen LogP contribution in [0.2, 0.25) is 5.02 Å². The van der Waals surface area contributed by atoms with E-state index in [0.717, 1.165) is 22.7 Å². The standard InChI is InChI=1S/C23H21ClN4O2S/c1-2-12-28(14-20-26-27-22(30-20)18-10-6-7-11-19(18)24)21(29)13-17-15-31-23(25-17)16-8-4-3-5-9-16/h3-11,15H,2,12-14H2,1H3. The maximum atomic E-state index is 13.0. The zero-order valence-electron chi connectivity index (χ0n) is 17.0. The zero-order valence-corrected chi connectivity index (χ0v) is 18.6. The molecule has 0 atom stereocenters. The normalized spacial score (nSPS) is 10.9. The second kappa shape index (κ2) is 9.85. The molecule has 2 aromatic heterocycles. The highest BCUT2D eigenvalue weighted by atomic mass is 35.5. The van der Waals surface area contributed by atoms with Crippen LogP contribution in [0.5, 0.6) is 0 Å². The molecule has 0 saturated heterocycles. The number of carbonyl (C=O) groups excluding carboxylic acids is 1. The fourth-order valence-electron chi connectivity index (χ4n) is 3.15. The van der Waals surface area contributed by atoms with Crippen molar-refractivity contribution in [3.05, 3.63) is 76.6 Å². The Morgan fingerprint density at radius 3 is 2.65 bits per heavy atom. The van der Waals surface area contributed by atoms with Crippen LogP contribution in [0.1, 0.15) is 24.9 Å². The summed E-state index contributed by atoms with van der Waals surface area (Å²) in [5, 5.41) is 11.6. The quantitative estimate of drug-likeness (QED) is 0.353. The van der Waals surface area contributed by atoms with Gasteiger partial charge in [0.15, 0.2) is 0 Å². The molecule has 0 saturated carbocycles. The van der Waals surface area contributed by atoms with Gasteiger partial charge in [-0.05, 0) is 18.6 Å². The van der Waals surface area contributed by atoms with Gasteiger partial charge in [-0.3, -0.25) is 4.79 Å². The van der Waals surface area contributed by atoms with Crippen molar-refractivity contribution >= 4 is 28.8 Å². The van der Waals surface area contributed by atoms with Crippen LogP contribution in [0.3, 0.4) is 0 Å². The van der Waals surface area contributed by atoms with Crippen molar-refractivity contribution in [1.29, 1.82) is 0 Å². The van der Waals surface area contributed by atoms with E-state index in [1.165, 1.54) is 0 Å². The first-order valence-corrected chi connectivity index (χ1v) is 11.2. The molecule has 0 aliphatic carbocycles. The van der Waals surface area contributed by atoms with E-state index in [2.05, 4.69) is 15.2 Å². The van der Waals surface area contributed by atoms with Crippen molar-refractivity contribution in [1.82, 2.24) is 20.1 Å². The van der Waals surface area contributed by atoms with Crippen LogP contribution in [0.15, 0.2) is 64.4 Å². The van der Waals surface area contributed by atoms with Crippen LogP contribution < -0.4 is 0 Å². The first-order chi connectivity index (χ1) is 15.1. The molecular formula is C23H21ClN4O2S. The number of aromatic nitrogens is 3. The third kappa shape index (κ3) is 5.18. The Morgan fingerprint density at radius 2 is 1.87 bits per heavy atom. The third-order valence-electron chi connectivity index (χ3n) is 4.65. The summed E-state index contributed by atoms with van der Waals surface area (Å²) in [6.45, 7) is 2.87. The summed E-state index contributed by atoms with van der Waals surface area (Å²) in [5.41, 5.74) is 2.49. The Morgan fingerprint density at radius 1 is 1.10 bits per heavy atom. The Bertz CT molecular complexity index is 1160. The summed E-state index contributed by atoms with van der Waals surface area (Å²) in [4.78, 5) is 19.3. The van der Waals surface area contributed by atoms with Crippen molar-refractivity contribution in [2.24, 2.45) is 0 Å². The van der Waals surface area contributed by atoms with E-state index >= 15 is 0 Å². The molecule has 0 aliphatic rings. The highest BCUT2D eigenvalue weighted by Crippen LogP contribution is 2.27. The largest absolute Gasteiger partial charge is 0.419 e. The molecule has 0 radical (unpaired) electrons. The maximum absolute atomic E-state index is 13.0. The number of hydrogen-bond acceptors (Lipinski definition) is 6. The van der Waals surface area contributed by atoms with Crippen molar-refractivity contribution in [3.8, 4) is 22.0 Å². The maximum Gasteiger partial charge on any atom is 0.249 e. The van der Waals surface area contributed by atoms with Crippen LogP contribution in [0.25, 0.3) is 22.0 Å². The third-order valence-corrected chi connectivity index (χ3v) is 5.92. The minimum atomic E-state index is -0.0238. The Hall–Kier alpha value is -3.03. The summed E-state index contributed by atoms with van der Waals surface area (Å²) in [7, 11) is 0. The van der Waals surface area contributed by atoms with Crippen LogP contribution in [-0.2, 0) is 17.8 Å². The molecule has 2 heterocycles. The second-order valence-electron chi connectivity index (χ2n) is 6.98. The van der Waals surface area contributed by atoms with E-state index in [1.807, 2.05) is 60.8 Å². The van der Waals surface area contributed by atoms with Gasteiger partial charge in [-0.2, -0.15) is 0 Å². The summed E-state index contributed by atoms with van der Waals surface area (Å²) in [6.07, 6.45) is 1.05. The molecule has 1 amide bonds. The number of hydrogen-bond donors (Lipinski definition) is 0. The molecule has 31 heavy (non-hydrogen) atoms. The molecule has 0 N–H and O–H groups in total. The van der Waals surface area contributed by atoms with Crippen molar-refractivity contribution < 1.29 is 9.21 Å². The van der Waals surface area contributed by atoms with Gasteiger partial charge in [0, 0.05) is 17.5 Å². The summed E-state index contributed by atoms with van der Waals surface area (Å²) in [5.74, 6) is 0.695. The predicted molar refractivity (Wildman–Crippen MR) is 122 cm³/mol. The minimum absolute atomic E-state index is 0.0238. The van der Waals surface area contributed by atoms with Gasteiger partial charge < -0.3 is 9.32 Å². The average molecular weight is 453 g/mol. The number of nitrogens with zero attached hydrogens (tertiary/aromatic N) is 4. The number of amides is 1.